The van der Waals surface area contributed by atoms with Gasteiger partial charge in [0.2, 0.25) is 0 Å². The summed E-state index contributed by atoms with van der Waals surface area (Å²) in [5.41, 5.74) is 2.20. The van der Waals surface area contributed by atoms with Gasteiger partial charge in [-0.1, -0.05) is 13.0 Å². The van der Waals surface area contributed by atoms with Crippen LogP contribution in [-0.4, -0.2) is 23.4 Å². The molecule has 1 fully saturated rings. The van der Waals surface area contributed by atoms with Gasteiger partial charge in [-0.3, -0.25) is 9.78 Å². The van der Waals surface area contributed by atoms with Crippen LogP contribution >= 0.6 is 0 Å². The highest BCUT2D eigenvalue weighted by Gasteiger charge is 2.31. The van der Waals surface area contributed by atoms with E-state index in [-0.39, 0.29) is 12.0 Å². The molecule has 2 aromatic rings. The van der Waals surface area contributed by atoms with E-state index in [9.17, 15) is 4.79 Å². The lowest BCUT2D eigenvalue weighted by molar-refractivity contribution is -0.123. The van der Waals surface area contributed by atoms with Gasteiger partial charge < -0.3 is 4.90 Å². The second-order valence-electron chi connectivity index (χ2n) is 5.29. The third-order valence-electron chi connectivity index (χ3n) is 4.25. The highest BCUT2D eigenvalue weighted by atomic mass is 16.1. The molecule has 0 spiro atoms. The second kappa shape index (κ2) is 4.65. The topological polar surface area (TPSA) is 33.2 Å². The number of anilines is 1. The molecule has 1 aromatic carbocycles. The van der Waals surface area contributed by atoms with Crippen LogP contribution in [0.4, 0.5) is 5.69 Å². The van der Waals surface area contributed by atoms with E-state index in [0.29, 0.717) is 12.2 Å². The number of ketones is 1. The standard InChI is InChI=1S/C16H18N2O/c1-11-12(2)18(10-8-16(11)19)15-7-3-6-14-13(15)5-4-9-17-14/h3-7,9,11-12H,8,10H2,1-2H3. The van der Waals surface area contributed by atoms with Crippen molar-refractivity contribution in [1.82, 2.24) is 4.98 Å². The predicted octanol–water partition coefficient (Wildman–Crippen LogP) is 3.04. The molecule has 0 saturated carbocycles. The number of hydrogen-bond donors (Lipinski definition) is 0. The zero-order chi connectivity index (χ0) is 13.4. The Morgan fingerprint density at radius 1 is 1.21 bits per heavy atom. The van der Waals surface area contributed by atoms with Gasteiger partial charge in [0.25, 0.3) is 0 Å². The first-order chi connectivity index (χ1) is 9.18. The fourth-order valence-corrected chi connectivity index (χ4v) is 2.88. The van der Waals surface area contributed by atoms with Gasteiger partial charge >= 0.3 is 0 Å². The maximum absolute atomic E-state index is 11.8. The van der Waals surface area contributed by atoms with Crippen LogP contribution in [0.25, 0.3) is 10.9 Å². The molecular formula is C16H18N2O. The van der Waals surface area contributed by atoms with Crippen molar-refractivity contribution in [2.75, 3.05) is 11.4 Å². The van der Waals surface area contributed by atoms with Gasteiger partial charge in [0, 0.05) is 42.2 Å². The maximum Gasteiger partial charge on any atom is 0.139 e. The van der Waals surface area contributed by atoms with Gasteiger partial charge in [-0.05, 0) is 31.2 Å². The zero-order valence-corrected chi connectivity index (χ0v) is 11.3. The first kappa shape index (κ1) is 12.2. The van der Waals surface area contributed by atoms with E-state index in [1.54, 1.807) is 0 Å². The first-order valence-corrected chi connectivity index (χ1v) is 6.81. The SMILES string of the molecule is CC1C(=O)CCN(c2cccc3ncccc23)C1C. The molecule has 3 rings (SSSR count). The molecule has 3 heteroatoms. The summed E-state index contributed by atoms with van der Waals surface area (Å²) in [6, 6.07) is 10.5. The van der Waals surface area contributed by atoms with Crippen LogP contribution < -0.4 is 4.90 Å². The Morgan fingerprint density at radius 3 is 2.89 bits per heavy atom. The van der Waals surface area contributed by atoms with Gasteiger partial charge in [0.05, 0.1) is 5.52 Å². The van der Waals surface area contributed by atoms with Crippen molar-refractivity contribution >= 4 is 22.4 Å². The van der Waals surface area contributed by atoms with Crippen LogP contribution in [0.2, 0.25) is 0 Å². The van der Waals surface area contributed by atoms with Crippen LogP contribution in [0, 0.1) is 5.92 Å². The number of benzene rings is 1. The Hall–Kier alpha value is -1.90. The van der Waals surface area contributed by atoms with Crippen molar-refractivity contribution in [3.63, 3.8) is 0 Å². The number of rotatable bonds is 1. The number of piperidine rings is 1. The largest absolute Gasteiger partial charge is 0.367 e. The highest BCUT2D eigenvalue weighted by Crippen LogP contribution is 2.31. The summed E-state index contributed by atoms with van der Waals surface area (Å²) in [4.78, 5) is 18.6. The number of fused-ring (bicyclic) bond motifs is 1. The molecule has 0 amide bonds. The average molecular weight is 254 g/mol. The fourth-order valence-electron chi connectivity index (χ4n) is 2.88. The number of hydrogen-bond acceptors (Lipinski definition) is 3. The Bertz CT molecular complexity index is 618. The highest BCUT2D eigenvalue weighted by molar-refractivity contribution is 5.93. The minimum atomic E-state index is 0.0978. The van der Waals surface area contributed by atoms with Gasteiger partial charge in [-0.25, -0.2) is 0 Å². The lowest BCUT2D eigenvalue weighted by atomic mass is 9.90. The summed E-state index contributed by atoms with van der Waals surface area (Å²) in [7, 11) is 0. The lowest BCUT2D eigenvalue weighted by Gasteiger charge is -2.39. The maximum atomic E-state index is 11.8. The number of aromatic nitrogens is 1. The number of carbonyl (C=O) groups excluding carboxylic acids is 1. The molecule has 0 N–H and O–H groups in total. The van der Waals surface area contributed by atoms with Crippen molar-refractivity contribution in [3.05, 3.63) is 36.5 Å². The quantitative estimate of drug-likeness (QED) is 0.784. The predicted molar refractivity (Wildman–Crippen MR) is 77.3 cm³/mol. The van der Waals surface area contributed by atoms with E-state index in [1.807, 2.05) is 31.3 Å². The molecule has 2 atom stereocenters. The molecule has 1 aliphatic rings. The third-order valence-corrected chi connectivity index (χ3v) is 4.25. The molecule has 19 heavy (non-hydrogen) atoms. The Balaban J connectivity index is 2.07. The molecular weight excluding hydrogens is 236 g/mol. The average Bonchev–Trinajstić information content (AvgIpc) is 2.45. The molecule has 3 nitrogen and oxygen atoms in total. The Morgan fingerprint density at radius 2 is 2.05 bits per heavy atom. The molecule has 2 unspecified atom stereocenters. The number of Topliss-reactive ketones (excluding diaryl/α,β-unsaturated/α-hetero) is 1. The Kier molecular flexibility index (Phi) is 2.97. The van der Waals surface area contributed by atoms with Crippen LogP contribution in [-0.2, 0) is 4.79 Å². The summed E-state index contributed by atoms with van der Waals surface area (Å²) in [5.74, 6) is 0.475. The van der Waals surface area contributed by atoms with E-state index >= 15 is 0 Å². The first-order valence-electron chi connectivity index (χ1n) is 6.81. The monoisotopic (exact) mass is 254 g/mol. The van der Waals surface area contributed by atoms with Crippen molar-refractivity contribution in [2.45, 2.75) is 26.3 Å². The molecule has 0 bridgehead atoms. The van der Waals surface area contributed by atoms with E-state index in [0.717, 1.165) is 12.1 Å². The minimum absolute atomic E-state index is 0.0978. The molecule has 0 aliphatic carbocycles. The molecule has 1 aliphatic heterocycles. The van der Waals surface area contributed by atoms with Gasteiger partial charge in [-0.15, -0.1) is 0 Å². The summed E-state index contributed by atoms with van der Waals surface area (Å²) < 4.78 is 0. The van der Waals surface area contributed by atoms with Gasteiger partial charge in [0.1, 0.15) is 5.78 Å². The summed E-state index contributed by atoms with van der Waals surface area (Å²) in [6.45, 7) is 4.97. The summed E-state index contributed by atoms with van der Waals surface area (Å²) in [6.07, 6.45) is 2.46. The van der Waals surface area contributed by atoms with Crippen molar-refractivity contribution < 1.29 is 4.79 Å². The van der Waals surface area contributed by atoms with E-state index in [2.05, 4.69) is 28.9 Å². The van der Waals surface area contributed by atoms with Crippen LogP contribution in [0.5, 0.6) is 0 Å². The molecule has 0 radical (unpaired) electrons. The molecule has 2 heterocycles. The van der Waals surface area contributed by atoms with Crippen LogP contribution in [0.3, 0.4) is 0 Å². The zero-order valence-electron chi connectivity index (χ0n) is 11.3. The second-order valence-corrected chi connectivity index (χ2v) is 5.29. The summed E-state index contributed by atoms with van der Waals surface area (Å²) in [5, 5.41) is 1.17. The van der Waals surface area contributed by atoms with Crippen molar-refractivity contribution in [3.8, 4) is 0 Å². The number of carbonyl (C=O) groups is 1. The Labute approximate surface area is 113 Å². The normalized spacial score (nSPS) is 23.9. The number of nitrogens with zero attached hydrogens (tertiary/aromatic N) is 2. The fraction of sp³-hybridized carbons (Fsp3) is 0.375. The van der Waals surface area contributed by atoms with Crippen LogP contribution in [0.15, 0.2) is 36.5 Å². The van der Waals surface area contributed by atoms with E-state index in [4.69, 9.17) is 0 Å². The van der Waals surface area contributed by atoms with Crippen LogP contribution in [0.1, 0.15) is 20.3 Å². The minimum Gasteiger partial charge on any atom is -0.367 e. The van der Waals surface area contributed by atoms with E-state index < -0.39 is 0 Å². The van der Waals surface area contributed by atoms with Gasteiger partial charge in [-0.2, -0.15) is 0 Å². The summed E-state index contributed by atoms with van der Waals surface area (Å²) >= 11 is 0. The molecule has 1 saturated heterocycles. The van der Waals surface area contributed by atoms with Gasteiger partial charge in [0.15, 0.2) is 0 Å². The molecule has 1 aromatic heterocycles. The van der Waals surface area contributed by atoms with Crippen molar-refractivity contribution in [2.24, 2.45) is 5.92 Å². The van der Waals surface area contributed by atoms with E-state index in [1.165, 1.54) is 11.1 Å². The third kappa shape index (κ3) is 1.99. The number of pyridine rings is 1. The molecule has 98 valence electrons. The smallest absolute Gasteiger partial charge is 0.139 e. The lowest BCUT2D eigenvalue weighted by Crippen LogP contribution is -2.47. The van der Waals surface area contributed by atoms with Crippen molar-refractivity contribution in [1.29, 1.82) is 0 Å².